The molecule has 1 fully saturated rings. The summed E-state index contributed by atoms with van der Waals surface area (Å²) >= 11 is 0. The Kier molecular flexibility index (Phi) is 2.46. The molecule has 2 atom stereocenters. The van der Waals surface area contributed by atoms with Crippen molar-refractivity contribution in [1.82, 2.24) is 14.8 Å². The van der Waals surface area contributed by atoms with Crippen LogP contribution in [0.4, 0.5) is 0 Å². The van der Waals surface area contributed by atoms with Crippen LogP contribution >= 0.6 is 0 Å². The fraction of sp³-hybridized carbons (Fsp3) is 0.700. The molecule has 0 aliphatic heterocycles. The van der Waals surface area contributed by atoms with Gasteiger partial charge in [-0.1, -0.05) is 6.92 Å². The average molecular weight is 209 g/mol. The smallest absolute Gasteiger partial charge is 0.307 e. The van der Waals surface area contributed by atoms with Gasteiger partial charge < -0.3 is 5.11 Å². The third kappa shape index (κ3) is 1.86. The molecule has 0 spiro atoms. The molecule has 2 unspecified atom stereocenters. The van der Waals surface area contributed by atoms with Crippen molar-refractivity contribution in [2.75, 3.05) is 0 Å². The summed E-state index contributed by atoms with van der Waals surface area (Å²) in [6.45, 7) is 2.08. The molecule has 2 rings (SSSR count). The van der Waals surface area contributed by atoms with Crippen molar-refractivity contribution in [3.05, 3.63) is 11.6 Å². The highest BCUT2D eigenvalue weighted by Gasteiger charge is 2.47. The van der Waals surface area contributed by atoms with Crippen LogP contribution in [0.25, 0.3) is 0 Å². The minimum Gasteiger partial charge on any atom is -0.481 e. The van der Waals surface area contributed by atoms with E-state index in [0.717, 1.165) is 24.5 Å². The van der Waals surface area contributed by atoms with E-state index in [1.807, 2.05) is 7.05 Å². The van der Waals surface area contributed by atoms with Crippen molar-refractivity contribution in [3.8, 4) is 0 Å². The van der Waals surface area contributed by atoms with Crippen LogP contribution in [0, 0.1) is 5.92 Å². The molecule has 1 aliphatic rings. The van der Waals surface area contributed by atoms with Gasteiger partial charge in [0.15, 0.2) is 5.82 Å². The predicted octanol–water partition coefficient (Wildman–Crippen LogP) is 0.956. The molecule has 1 N–H and O–H groups in total. The molecule has 1 aliphatic carbocycles. The number of aliphatic carboxylic acids is 1. The molecular formula is C10H15N3O2. The Morgan fingerprint density at radius 3 is 2.93 bits per heavy atom. The lowest BCUT2D eigenvalue weighted by atomic mass is 10.3. The summed E-state index contributed by atoms with van der Waals surface area (Å²) in [6.07, 6.45) is 2.57. The lowest BCUT2D eigenvalue weighted by Gasteiger charge is -1.95. The first-order chi connectivity index (χ1) is 7.13. The summed E-state index contributed by atoms with van der Waals surface area (Å²) < 4.78 is 1.72. The zero-order valence-electron chi connectivity index (χ0n) is 8.97. The van der Waals surface area contributed by atoms with Gasteiger partial charge in [-0.2, -0.15) is 5.10 Å². The zero-order chi connectivity index (χ0) is 11.0. The van der Waals surface area contributed by atoms with Gasteiger partial charge in [0.25, 0.3) is 0 Å². The average Bonchev–Trinajstić information content (AvgIpc) is 2.87. The third-order valence-corrected chi connectivity index (χ3v) is 2.75. The van der Waals surface area contributed by atoms with Gasteiger partial charge in [-0.05, 0) is 12.8 Å². The molecule has 0 aromatic carbocycles. The molecule has 1 aromatic rings. The highest BCUT2D eigenvalue weighted by Crippen LogP contribution is 2.46. The van der Waals surface area contributed by atoms with Crippen LogP contribution in [-0.2, 0) is 18.3 Å². The van der Waals surface area contributed by atoms with E-state index in [1.165, 1.54) is 0 Å². The van der Waals surface area contributed by atoms with Gasteiger partial charge in [0, 0.05) is 19.4 Å². The lowest BCUT2D eigenvalue weighted by Crippen LogP contribution is -2.03. The van der Waals surface area contributed by atoms with E-state index >= 15 is 0 Å². The first kappa shape index (κ1) is 10.1. The molecule has 1 saturated carbocycles. The highest BCUT2D eigenvalue weighted by atomic mass is 16.4. The number of rotatable bonds is 4. The first-order valence-corrected chi connectivity index (χ1v) is 5.26. The largest absolute Gasteiger partial charge is 0.481 e. The van der Waals surface area contributed by atoms with Gasteiger partial charge in [0.2, 0.25) is 0 Å². The summed E-state index contributed by atoms with van der Waals surface area (Å²) in [5, 5.41) is 13.1. The second kappa shape index (κ2) is 3.64. The standard InChI is InChI=1S/C10H15N3O2/c1-3-4-8-11-9(13(2)12-8)6-5-7(6)10(14)15/h6-7H,3-5H2,1-2H3,(H,14,15). The van der Waals surface area contributed by atoms with Gasteiger partial charge in [0.05, 0.1) is 5.92 Å². The number of carbonyl (C=O) groups is 1. The Balaban J connectivity index is 2.13. The van der Waals surface area contributed by atoms with Crippen molar-refractivity contribution >= 4 is 5.97 Å². The second-order valence-corrected chi connectivity index (χ2v) is 4.05. The number of hydrogen-bond acceptors (Lipinski definition) is 3. The summed E-state index contributed by atoms with van der Waals surface area (Å²) in [5.74, 6) is 0.755. The molecule has 1 aromatic heterocycles. The summed E-state index contributed by atoms with van der Waals surface area (Å²) in [4.78, 5) is 15.1. The quantitative estimate of drug-likeness (QED) is 0.801. The van der Waals surface area contributed by atoms with Crippen LogP contribution in [-0.4, -0.2) is 25.8 Å². The second-order valence-electron chi connectivity index (χ2n) is 4.05. The van der Waals surface area contributed by atoms with Crippen molar-refractivity contribution in [2.45, 2.75) is 32.1 Å². The molecule has 0 amide bonds. The SMILES string of the molecule is CCCc1nc(C2CC2C(=O)O)n(C)n1. The van der Waals surface area contributed by atoms with Crippen LogP contribution in [0.2, 0.25) is 0 Å². The van der Waals surface area contributed by atoms with E-state index in [4.69, 9.17) is 5.11 Å². The lowest BCUT2D eigenvalue weighted by molar-refractivity contribution is -0.138. The van der Waals surface area contributed by atoms with Crippen molar-refractivity contribution in [3.63, 3.8) is 0 Å². The van der Waals surface area contributed by atoms with Gasteiger partial charge in [-0.25, -0.2) is 4.98 Å². The van der Waals surface area contributed by atoms with Crippen LogP contribution in [0.5, 0.6) is 0 Å². The van der Waals surface area contributed by atoms with Crippen molar-refractivity contribution in [2.24, 2.45) is 13.0 Å². The molecule has 1 heterocycles. The minimum atomic E-state index is -0.722. The van der Waals surface area contributed by atoms with Crippen molar-refractivity contribution < 1.29 is 9.90 Å². The van der Waals surface area contributed by atoms with Gasteiger partial charge in [-0.3, -0.25) is 9.48 Å². The molecule has 5 nitrogen and oxygen atoms in total. The summed E-state index contributed by atoms with van der Waals surface area (Å²) in [6, 6.07) is 0. The van der Waals surface area contributed by atoms with Gasteiger partial charge in [-0.15, -0.1) is 0 Å². The third-order valence-electron chi connectivity index (χ3n) is 2.75. The zero-order valence-corrected chi connectivity index (χ0v) is 8.97. The van der Waals surface area contributed by atoms with E-state index in [1.54, 1.807) is 4.68 Å². The maximum atomic E-state index is 10.7. The van der Waals surface area contributed by atoms with Crippen molar-refractivity contribution in [1.29, 1.82) is 0 Å². The maximum Gasteiger partial charge on any atom is 0.307 e. The van der Waals surface area contributed by atoms with E-state index in [2.05, 4.69) is 17.0 Å². The topological polar surface area (TPSA) is 68.0 Å². The minimum absolute atomic E-state index is 0.0746. The molecule has 5 heteroatoms. The Morgan fingerprint density at radius 1 is 1.67 bits per heavy atom. The molecule has 82 valence electrons. The van der Waals surface area contributed by atoms with Gasteiger partial charge in [0.1, 0.15) is 5.82 Å². The first-order valence-electron chi connectivity index (χ1n) is 5.26. The molecule has 15 heavy (non-hydrogen) atoms. The van der Waals surface area contributed by atoms with E-state index in [9.17, 15) is 4.79 Å². The number of carboxylic acids is 1. The Labute approximate surface area is 88.1 Å². The predicted molar refractivity (Wildman–Crippen MR) is 53.5 cm³/mol. The highest BCUT2D eigenvalue weighted by molar-refractivity contribution is 5.74. The number of aryl methyl sites for hydroxylation is 2. The molecule has 0 saturated heterocycles. The van der Waals surface area contributed by atoms with Crippen LogP contribution < -0.4 is 0 Å². The number of aromatic nitrogens is 3. The van der Waals surface area contributed by atoms with E-state index in [-0.39, 0.29) is 11.8 Å². The number of nitrogens with zero attached hydrogens (tertiary/aromatic N) is 3. The number of carboxylic acid groups (broad SMARTS) is 1. The Hall–Kier alpha value is -1.39. The van der Waals surface area contributed by atoms with Gasteiger partial charge >= 0.3 is 5.97 Å². The normalized spacial score (nSPS) is 24.1. The Morgan fingerprint density at radius 2 is 2.40 bits per heavy atom. The Bertz CT molecular complexity index is 386. The summed E-state index contributed by atoms with van der Waals surface area (Å²) in [7, 11) is 1.83. The van der Waals surface area contributed by atoms with Crippen LogP contribution in [0.3, 0.4) is 0 Å². The fourth-order valence-corrected chi connectivity index (χ4v) is 1.86. The molecular weight excluding hydrogens is 194 g/mol. The maximum absolute atomic E-state index is 10.7. The molecule has 0 radical (unpaired) electrons. The molecule has 0 bridgehead atoms. The van der Waals surface area contributed by atoms with E-state index in [0.29, 0.717) is 6.42 Å². The fourth-order valence-electron chi connectivity index (χ4n) is 1.86. The number of hydrogen-bond donors (Lipinski definition) is 1. The van der Waals surface area contributed by atoms with E-state index < -0.39 is 5.97 Å². The summed E-state index contributed by atoms with van der Waals surface area (Å²) in [5.41, 5.74) is 0. The monoisotopic (exact) mass is 209 g/mol. The van der Waals surface area contributed by atoms with Crippen LogP contribution in [0.1, 0.15) is 37.3 Å². The van der Waals surface area contributed by atoms with Crippen LogP contribution in [0.15, 0.2) is 0 Å².